The number of rotatable bonds is 4. The van der Waals surface area contributed by atoms with Gasteiger partial charge in [0.05, 0.1) is 5.69 Å². The zero-order chi connectivity index (χ0) is 22.2. The zero-order valence-corrected chi connectivity index (χ0v) is 19.1. The van der Waals surface area contributed by atoms with Gasteiger partial charge < -0.3 is 10.2 Å². The first-order valence-electron chi connectivity index (χ1n) is 10.6. The van der Waals surface area contributed by atoms with Crippen LogP contribution in [-0.4, -0.2) is 49.2 Å². The third-order valence-corrected chi connectivity index (χ3v) is 6.67. The molecule has 5 rings (SSSR count). The van der Waals surface area contributed by atoms with E-state index in [9.17, 15) is 4.79 Å². The van der Waals surface area contributed by atoms with Gasteiger partial charge in [0.2, 0.25) is 5.91 Å². The minimum Gasteiger partial charge on any atom is -0.355 e. The quantitative estimate of drug-likeness (QED) is 0.510. The molecule has 9 nitrogen and oxygen atoms in total. The van der Waals surface area contributed by atoms with Gasteiger partial charge in [-0.05, 0) is 67.3 Å². The van der Waals surface area contributed by atoms with Crippen LogP contribution in [0.1, 0.15) is 29.5 Å². The van der Waals surface area contributed by atoms with Gasteiger partial charge in [0, 0.05) is 30.0 Å². The Morgan fingerprint density at radius 1 is 1.12 bits per heavy atom. The molecule has 0 unspecified atom stereocenters. The number of tetrazole rings is 1. The van der Waals surface area contributed by atoms with Crippen molar-refractivity contribution in [2.45, 2.75) is 33.6 Å². The predicted molar refractivity (Wildman–Crippen MR) is 124 cm³/mol. The van der Waals surface area contributed by atoms with Gasteiger partial charge in [-0.15, -0.1) is 26.2 Å². The van der Waals surface area contributed by atoms with Crippen molar-refractivity contribution >= 4 is 33.8 Å². The maximum Gasteiger partial charge on any atom is 0.229 e. The van der Waals surface area contributed by atoms with Gasteiger partial charge in [0.25, 0.3) is 0 Å². The summed E-state index contributed by atoms with van der Waals surface area (Å²) in [4.78, 5) is 19.7. The van der Waals surface area contributed by atoms with Crippen LogP contribution < -0.4 is 10.2 Å². The summed E-state index contributed by atoms with van der Waals surface area (Å²) < 4.78 is 1.42. The Labute approximate surface area is 189 Å². The summed E-state index contributed by atoms with van der Waals surface area (Å²) in [6, 6.07) is 8.09. The molecule has 0 bridgehead atoms. The number of benzene rings is 1. The molecule has 0 atom stereocenters. The fraction of sp³-hybridized carbons (Fsp3) is 0.364. The van der Waals surface area contributed by atoms with Gasteiger partial charge in [-0.3, -0.25) is 4.79 Å². The highest BCUT2D eigenvalue weighted by Gasteiger charge is 2.26. The Morgan fingerprint density at radius 3 is 2.62 bits per heavy atom. The molecule has 1 fully saturated rings. The van der Waals surface area contributed by atoms with Crippen LogP contribution >= 0.6 is 11.3 Å². The Hall–Kier alpha value is -3.40. The molecule has 0 spiro atoms. The van der Waals surface area contributed by atoms with Gasteiger partial charge in [0.15, 0.2) is 16.6 Å². The summed E-state index contributed by atoms with van der Waals surface area (Å²) in [6.07, 6.45) is 1.52. The first-order valence-corrected chi connectivity index (χ1v) is 11.5. The molecule has 0 aliphatic carbocycles. The van der Waals surface area contributed by atoms with Crippen LogP contribution in [0.4, 0.5) is 10.9 Å². The van der Waals surface area contributed by atoms with Crippen molar-refractivity contribution in [3.05, 3.63) is 46.3 Å². The topological polar surface area (TPSA) is 101 Å². The van der Waals surface area contributed by atoms with E-state index < -0.39 is 0 Å². The second-order valence-electron chi connectivity index (χ2n) is 8.28. The Morgan fingerprint density at radius 2 is 1.88 bits per heavy atom. The predicted octanol–water partition coefficient (Wildman–Crippen LogP) is 3.42. The number of thiazole rings is 1. The monoisotopic (exact) mass is 448 g/mol. The van der Waals surface area contributed by atoms with Crippen molar-refractivity contribution in [3.8, 4) is 11.3 Å². The van der Waals surface area contributed by atoms with Gasteiger partial charge in [-0.2, -0.15) is 0 Å². The van der Waals surface area contributed by atoms with Gasteiger partial charge >= 0.3 is 0 Å². The maximum atomic E-state index is 12.9. The second kappa shape index (κ2) is 8.27. The molecule has 1 amide bonds. The average Bonchev–Trinajstić information content (AvgIpc) is 3.42. The van der Waals surface area contributed by atoms with Gasteiger partial charge in [-0.25, -0.2) is 4.98 Å². The minimum atomic E-state index is -0.0433. The number of aryl methyl sites for hydroxylation is 3. The molecule has 4 heterocycles. The summed E-state index contributed by atoms with van der Waals surface area (Å²) in [5.41, 5.74) is 6.32. The van der Waals surface area contributed by atoms with Crippen molar-refractivity contribution in [2.24, 2.45) is 5.92 Å². The number of carbonyl (C=O) groups is 1. The summed E-state index contributed by atoms with van der Waals surface area (Å²) in [5, 5.41) is 21.5. The van der Waals surface area contributed by atoms with Crippen LogP contribution in [0.2, 0.25) is 0 Å². The van der Waals surface area contributed by atoms with E-state index in [4.69, 9.17) is 4.98 Å². The van der Waals surface area contributed by atoms with E-state index >= 15 is 0 Å². The van der Waals surface area contributed by atoms with Crippen molar-refractivity contribution in [2.75, 3.05) is 23.3 Å². The number of aromatic nitrogens is 6. The van der Waals surface area contributed by atoms with E-state index in [1.165, 1.54) is 32.7 Å². The third kappa shape index (κ3) is 3.93. The smallest absolute Gasteiger partial charge is 0.229 e. The lowest BCUT2D eigenvalue weighted by Gasteiger charge is -2.31. The maximum absolute atomic E-state index is 12.9. The summed E-state index contributed by atoms with van der Waals surface area (Å²) in [5.74, 6) is 0.807. The number of hydrogen-bond donors (Lipinski definition) is 1. The average molecular weight is 449 g/mol. The standard InChI is InChI=1S/C22H24N8OS/c1-13-10-14(2)20(15(3)11-13)17-12-32-22(23-17)24-21(31)16-6-8-29(9-7-16)19-5-4-18-25-27-28-30(18)26-19/h4-5,10-12,16H,6-9H2,1-3H3,(H,23,24,31). The zero-order valence-electron chi connectivity index (χ0n) is 18.2. The first kappa shape index (κ1) is 20.5. The number of hydrogen-bond acceptors (Lipinski definition) is 8. The molecule has 1 aliphatic rings. The van der Waals surface area contributed by atoms with Crippen molar-refractivity contribution < 1.29 is 4.79 Å². The van der Waals surface area contributed by atoms with E-state index in [0.29, 0.717) is 10.8 Å². The first-order chi connectivity index (χ1) is 15.5. The highest BCUT2D eigenvalue weighted by atomic mass is 32.1. The lowest BCUT2D eigenvalue weighted by molar-refractivity contribution is -0.120. The largest absolute Gasteiger partial charge is 0.355 e. The number of anilines is 2. The van der Waals surface area contributed by atoms with E-state index in [1.54, 1.807) is 0 Å². The van der Waals surface area contributed by atoms with Gasteiger partial charge in [-0.1, -0.05) is 17.7 Å². The second-order valence-corrected chi connectivity index (χ2v) is 9.14. The molecular formula is C22H24N8OS. The van der Waals surface area contributed by atoms with Crippen molar-refractivity contribution in [1.29, 1.82) is 0 Å². The summed E-state index contributed by atoms with van der Waals surface area (Å²) in [7, 11) is 0. The molecule has 164 valence electrons. The molecule has 1 aromatic carbocycles. The highest BCUT2D eigenvalue weighted by molar-refractivity contribution is 7.14. The molecule has 3 aromatic heterocycles. The molecule has 4 aromatic rings. The van der Waals surface area contributed by atoms with E-state index in [0.717, 1.165) is 43.0 Å². The lowest BCUT2D eigenvalue weighted by atomic mass is 9.96. The Bertz CT molecular complexity index is 1270. The van der Waals surface area contributed by atoms with E-state index in [2.05, 4.69) is 63.7 Å². The molecule has 1 N–H and O–H groups in total. The molecule has 1 aliphatic heterocycles. The molecule has 0 radical (unpaired) electrons. The number of nitrogens with one attached hydrogen (secondary N) is 1. The molecular weight excluding hydrogens is 424 g/mol. The fourth-order valence-corrected chi connectivity index (χ4v) is 5.12. The van der Waals surface area contributed by atoms with E-state index in [1.807, 2.05) is 17.5 Å². The number of piperidine rings is 1. The van der Waals surface area contributed by atoms with Crippen LogP contribution in [0.3, 0.4) is 0 Å². The number of amides is 1. The summed E-state index contributed by atoms with van der Waals surface area (Å²) >= 11 is 1.47. The highest BCUT2D eigenvalue weighted by Crippen LogP contribution is 2.31. The van der Waals surface area contributed by atoms with Crippen LogP contribution in [-0.2, 0) is 4.79 Å². The van der Waals surface area contributed by atoms with Crippen molar-refractivity contribution in [3.63, 3.8) is 0 Å². The van der Waals surface area contributed by atoms with Crippen LogP contribution in [0, 0.1) is 26.7 Å². The number of carbonyl (C=O) groups excluding carboxylic acids is 1. The fourth-order valence-electron chi connectivity index (χ4n) is 4.42. The minimum absolute atomic E-state index is 0.0341. The van der Waals surface area contributed by atoms with Crippen LogP contribution in [0.15, 0.2) is 29.6 Å². The van der Waals surface area contributed by atoms with Crippen LogP contribution in [0.25, 0.3) is 16.9 Å². The van der Waals surface area contributed by atoms with E-state index in [-0.39, 0.29) is 11.8 Å². The molecule has 0 saturated carbocycles. The Balaban J connectivity index is 1.22. The summed E-state index contributed by atoms with van der Waals surface area (Å²) in [6.45, 7) is 7.81. The number of nitrogens with zero attached hydrogens (tertiary/aromatic N) is 7. The van der Waals surface area contributed by atoms with Gasteiger partial charge in [0.1, 0.15) is 0 Å². The number of fused-ring (bicyclic) bond motifs is 1. The normalized spacial score (nSPS) is 14.8. The molecule has 32 heavy (non-hydrogen) atoms. The molecule has 10 heteroatoms. The molecule has 1 saturated heterocycles. The lowest BCUT2D eigenvalue weighted by Crippen LogP contribution is -2.38. The Kier molecular flexibility index (Phi) is 5.30. The SMILES string of the molecule is Cc1cc(C)c(-c2csc(NC(=O)C3CCN(c4ccc5nnnn5n4)CC3)n2)c(C)c1. The van der Waals surface area contributed by atoms with Crippen LogP contribution in [0.5, 0.6) is 0 Å². The third-order valence-electron chi connectivity index (χ3n) is 5.91. The van der Waals surface area contributed by atoms with Crippen molar-refractivity contribution in [1.82, 2.24) is 30.2 Å².